The minimum atomic E-state index is -0.589. The Morgan fingerprint density at radius 1 is 1.41 bits per heavy atom. The monoisotopic (exact) mass is 435 g/mol. The second kappa shape index (κ2) is 8.00. The standard InChI is InChI=1S/C20H26BrN3O3/c1-4-11-20(2,3)27-18(25)16-9-6-10-17-22-23(19(26)24(16)17)13-14-7-5-8-15(21)12-14/h5,7-8,12,16H,4,6,9-11,13H2,1-3H3/t16-/m0/s1. The quantitative estimate of drug-likeness (QED) is 0.646. The fourth-order valence-electron chi connectivity index (χ4n) is 3.66. The van der Waals surface area contributed by atoms with E-state index in [4.69, 9.17) is 4.74 Å². The van der Waals surface area contributed by atoms with Crippen LogP contribution in [-0.4, -0.2) is 25.9 Å². The van der Waals surface area contributed by atoms with Crippen LogP contribution in [0.5, 0.6) is 0 Å². The summed E-state index contributed by atoms with van der Waals surface area (Å²) in [7, 11) is 0. The first kappa shape index (κ1) is 19.9. The molecular formula is C20H26BrN3O3. The maximum Gasteiger partial charge on any atom is 0.347 e. The molecule has 27 heavy (non-hydrogen) atoms. The van der Waals surface area contributed by atoms with Crippen LogP contribution in [0.25, 0.3) is 0 Å². The van der Waals surface area contributed by atoms with Crippen LogP contribution in [0.3, 0.4) is 0 Å². The minimum Gasteiger partial charge on any atom is -0.458 e. The summed E-state index contributed by atoms with van der Waals surface area (Å²) in [6, 6.07) is 7.19. The number of hydrogen-bond acceptors (Lipinski definition) is 4. The zero-order valence-electron chi connectivity index (χ0n) is 16.1. The summed E-state index contributed by atoms with van der Waals surface area (Å²) in [4.78, 5) is 25.7. The lowest BCUT2D eigenvalue weighted by Crippen LogP contribution is -2.38. The van der Waals surface area contributed by atoms with Crippen LogP contribution in [0.15, 0.2) is 33.5 Å². The van der Waals surface area contributed by atoms with Crippen molar-refractivity contribution in [3.8, 4) is 0 Å². The number of benzene rings is 1. The Kier molecular flexibility index (Phi) is 5.89. The number of carbonyl (C=O) groups excluding carboxylic acids is 1. The van der Waals surface area contributed by atoms with Crippen molar-refractivity contribution in [3.05, 3.63) is 50.6 Å². The number of rotatable bonds is 6. The first-order valence-corrected chi connectivity index (χ1v) is 10.3. The fourth-order valence-corrected chi connectivity index (χ4v) is 4.11. The van der Waals surface area contributed by atoms with Crippen molar-refractivity contribution in [2.75, 3.05) is 0 Å². The number of aromatic nitrogens is 3. The highest BCUT2D eigenvalue weighted by molar-refractivity contribution is 9.10. The summed E-state index contributed by atoms with van der Waals surface area (Å²) >= 11 is 3.45. The van der Waals surface area contributed by atoms with E-state index in [1.165, 1.54) is 9.25 Å². The van der Waals surface area contributed by atoms with Gasteiger partial charge in [0.2, 0.25) is 0 Å². The molecule has 0 aliphatic carbocycles. The van der Waals surface area contributed by atoms with Gasteiger partial charge in [-0.1, -0.05) is 41.4 Å². The van der Waals surface area contributed by atoms with Gasteiger partial charge in [-0.2, -0.15) is 5.10 Å². The molecule has 0 radical (unpaired) electrons. The number of fused-ring (bicyclic) bond motifs is 1. The van der Waals surface area contributed by atoms with Crippen LogP contribution in [0, 0.1) is 0 Å². The Morgan fingerprint density at radius 2 is 2.19 bits per heavy atom. The molecule has 1 aromatic heterocycles. The summed E-state index contributed by atoms with van der Waals surface area (Å²) in [5.74, 6) is 0.329. The van der Waals surface area contributed by atoms with Gasteiger partial charge in [0.15, 0.2) is 0 Å². The molecular weight excluding hydrogens is 410 g/mol. The number of halogens is 1. The van der Waals surface area contributed by atoms with Crippen molar-refractivity contribution in [1.29, 1.82) is 0 Å². The Morgan fingerprint density at radius 3 is 2.89 bits per heavy atom. The molecule has 0 bridgehead atoms. The van der Waals surface area contributed by atoms with Crippen LogP contribution >= 0.6 is 15.9 Å². The number of hydrogen-bond donors (Lipinski definition) is 0. The lowest BCUT2D eigenvalue weighted by atomic mass is 10.0. The summed E-state index contributed by atoms with van der Waals surface area (Å²) in [6.07, 6.45) is 3.84. The van der Waals surface area contributed by atoms with Crippen molar-refractivity contribution >= 4 is 21.9 Å². The Labute approximate surface area is 167 Å². The molecule has 0 spiro atoms. The molecule has 146 valence electrons. The summed E-state index contributed by atoms with van der Waals surface area (Å²) in [5.41, 5.74) is 0.198. The largest absolute Gasteiger partial charge is 0.458 e. The lowest BCUT2D eigenvalue weighted by molar-refractivity contribution is -0.162. The highest BCUT2D eigenvalue weighted by atomic mass is 79.9. The summed E-state index contributed by atoms with van der Waals surface area (Å²) < 4.78 is 9.66. The van der Waals surface area contributed by atoms with Crippen LogP contribution in [-0.2, 0) is 22.5 Å². The van der Waals surface area contributed by atoms with Gasteiger partial charge >= 0.3 is 11.7 Å². The van der Waals surface area contributed by atoms with Gasteiger partial charge in [0.05, 0.1) is 6.54 Å². The van der Waals surface area contributed by atoms with Gasteiger partial charge in [0.1, 0.15) is 17.5 Å². The lowest BCUT2D eigenvalue weighted by Gasteiger charge is -2.29. The molecule has 0 unspecified atom stereocenters. The average molecular weight is 436 g/mol. The molecule has 0 N–H and O–H groups in total. The van der Waals surface area contributed by atoms with Gasteiger partial charge in [0, 0.05) is 10.9 Å². The van der Waals surface area contributed by atoms with Crippen molar-refractivity contribution in [2.45, 2.75) is 71.1 Å². The third kappa shape index (κ3) is 4.51. The van der Waals surface area contributed by atoms with E-state index in [2.05, 4.69) is 28.0 Å². The highest BCUT2D eigenvalue weighted by Gasteiger charge is 2.34. The molecule has 1 aliphatic rings. The first-order chi connectivity index (χ1) is 12.8. The van der Waals surface area contributed by atoms with Gasteiger partial charge in [-0.3, -0.25) is 4.57 Å². The van der Waals surface area contributed by atoms with E-state index in [1.807, 2.05) is 38.1 Å². The summed E-state index contributed by atoms with van der Waals surface area (Å²) in [6.45, 7) is 6.27. The second-order valence-electron chi connectivity index (χ2n) is 7.70. The van der Waals surface area contributed by atoms with Gasteiger partial charge in [-0.15, -0.1) is 0 Å². The zero-order valence-corrected chi connectivity index (χ0v) is 17.7. The fraction of sp³-hybridized carbons (Fsp3) is 0.550. The topological polar surface area (TPSA) is 66.1 Å². The maximum atomic E-state index is 13.0. The molecule has 1 aromatic carbocycles. The third-order valence-corrected chi connectivity index (χ3v) is 5.35. The molecule has 2 heterocycles. The van der Waals surface area contributed by atoms with E-state index in [0.29, 0.717) is 25.2 Å². The van der Waals surface area contributed by atoms with Crippen molar-refractivity contribution in [3.63, 3.8) is 0 Å². The molecule has 0 amide bonds. The minimum absolute atomic E-state index is 0.250. The van der Waals surface area contributed by atoms with Crippen molar-refractivity contribution in [1.82, 2.24) is 14.3 Å². The number of esters is 1. The predicted octanol–water partition coefficient (Wildman–Crippen LogP) is 3.85. The number of nitrogens with zero attached hydrogens (tertiary/aromatic N) is 3. The molecule has 0 fully saturated rings. The highest BCUT2D eigenvalue weighted by Crippen LogP contribution is 2.27. The van der Waals surface area contributed by atoms with E-state index in [0.717, 1.165) is 29.3 Å². The molecule has 2 aromatic rings. The van der Waals surface area contributed by atoms with Crippen molar-refractivity contribution in [2.24, 2.45) is 0 Å². The normalized spacial score (nSPS) is 16.8. The number of carbonyl (C=O) groups is 1. The van der Waals surface area contributed by atoms with E-state index >= 15 is 0 Å². The van der Waals surface area contributed by atoms with E-state index in [-0.39, 0.29) is 11.7 Å². The molecule has 0 saturated heterocycles. The maximum absolute atomic E-state index is 13.0. The van der Waals surface area contributed by atoms with Crippen LogP contribution < -0.4 is 5.69 Å². The van der Waals surface area contributed by atoms with Gasteiger partial charge in [-0.25, -0.2) is 14.3 Å². The van der Waals surface area contributed by atoms with Gasteiger partial charge in [-0.05, 0) is 50.8 Å². The van der Waals surface area contributed by atoms with Crippen molar-refractivity contribution < 1.29 is 9.53 Å². The molecule has 6 nitrogen and oxygen atoms in total. The Bertz CT molecular complexity index is 885. The molecule has 1 atom stereocenters. The van der Waals surface area contributed by atoms with Gasteiger partial charge in [0.25, 0.3) is 0 Å². The Hall–Kier alpha value is -1.89. The van der Waals surface area contributed by atoms with Crippen LogP contribution in [0.1, 0.15) is 63.9 Å². The predicted molar refractivity (Wildman–Crippen MR) is 107 cm³/mol. The van der Waals surface area contributed by atoms with E-state index < -0.39 is 11.6 Å². The first-order valence-electron chi connectivity index (χ1n) is 9.46. The number of ether oxygens (including phenoxy) is 1. The second-order valence-corrected chi connectivity index (χ2v) is 8.61. The molecule has 0 saturated carbocycles. The zero-order chi connectivity index (χ0) is 19.6. The molecule has 3 rings (SSSR count). The van der Waals surface area contributed by atoms with E-state index in [9.17, 15) is 9.59 Å². The third-order valence-electron chi connectivity index (χ3n) is 4.85. The summed E-state index contributed by atoms with van der Waals surface area (Å²) in [5, 5.41) is 4.48. The van der Waals surface area contributed by atoms with Crippen LogP contribution in [0.4, 0.5) is 0 Å². The number of aryl methyl sites for hydroxylation is 1. The molecule has 1 aliphatic heterocycles. The molecule has 7 heteroatoms. The average Bonchev–Trinajstić information content (AvgIpc) is 2.90. The van der Waals surface area contributed by atoms with Gasteiger partial charge < -0.3 is 4.74 Å². The SMILES string of the molecule is CCCC(C)(C)OC(=O)[C@@H]1CCCc2nn(Cc3cccc(Br)c3)c(=O)n21. The Balaban J connectivity index is 1.86. The van der Waals surface area contributed by atoms with Crippen LogP contribution in [0.2, 0.25) is 0 Å². The smallest absolute Gasteiger partial charge is 0.347 e. The van der Waals surface area contributed by atoms with E-state index in [1.54, 1.807) is 0 Å².